The van der Waals surface area contributed by atoms with Gasteiger partial charge in [0.25, 0.3) is 17.2 Å². The van der Waals surface area contributed by atoms with Crippen LogP contribution in [0.3, 0.4) is 0 Å². The van der Waals surface area contributed by atoms with Crippen LogP contribution in [0.5, 0.6) is 0 Å². The van der Waals surface area contributed by atoms with Gasteiger partial charge in [0.15, 0.2) is 0 Å². The molecule has 0 fully saturated rings. The molecule has 0 saturated heterocycles. The zero-order chi connectivity index (χ0) is 22.4. The van der Waals surface area contributed by atoms with Gasteiger partial charge in [-0.15, -0.1) is 0 Å². The molecule has 0 radical (unpaired) electrons. The molecule has 0 unspecified atom stereocenters. The topological polar surface area (TPSA) is 121 Å². The summed E-state index contributed by atoms with van der Waals surface area (Å²) < 4.78 is 6.21. The normalized spacial score (nSPS) is 10.4. The molecule has 0 bridgehead atoms. The number of aromatic nitrogens is 1. The number of nitrogens with one attached hydrogen (secondary N) is 1. The summed E-state index contributed by atoms with van der Waals surface area (Å²) in [6.45, 7) is 2.04. The maximum Gasteiger partial charge on any atom is 0.338 e. The average molecular weight is 421 g/mol. The number of nitro groups is 1. The Labute approximate surface area is 177 Å². The van der Waals surface area contributed by atoms with Crippen molar-refractivity contribution in [2.24, 2.45) is 0 Å². The fourth-order valence-corrected chi connectivity index (χ4v) is 2.90. The molecule has 1 N–H and O–H groups in total. The molecule has 0 aliphatic rings. The summed E-state index contributed by atoms with van der Waals surface area (Å²) in [7, 11) is 0. The number of anilines is 1. The highest BCUT2D eigenvalue weighted by Crippen LogP contribution is 2.14. The molecule has 31 heavy (non-hydrogen) atoms. The van der Waals surface area contributed by atoms with Crippen LogP contribution in [0.2, 0.25) is 0 Å². The Hall–Kier alpha value is -4.27. The van der Waals surface area contributed by atoms with Crippen LogP contribution >= 0.6 is 0 Å². The standard InChI is InChI=1S/C22H19N3O6/c1-2-31-22(28)16-8-10-17(11-9-16)23-20(26)19-7-4-12-24(21(19)27)14-15-5-3-6-18(13-15)25(29)30/h3-13H,2,14H2,1H3,(H,23,26). The molecular weight excluding hydrogens is 402 g/mol. The summed E-state index contributed by atoms with van der Waals surface area (Å²) in [5.41, 5.74) is 0.622. The number of carbonyl (C=O) groups excluding carboxylic acids is 2. The number of carbonyl (C=O) groups is 2. The third-order valence-electron chi connectivity index (χ3n) is 4.39. The molecule has 2 aromatic carbocycles. The van der Waals surface area contributed by atoms with Crippen molar-refractivity contribution in [2.75, 3.05) is 11.9 Å². The lowest BCUT2D eigenvalue weighted by molar-refractivity contribution is -0.384. The molecule has 1 amide bonds. The summed E-state index contributed by atoms with van der Waals surface area (Å²) in [5.74, 6) is -1.07. The van der Waals surface area contributed by atoms with E-state index >= 15 is 0 Å². The van der Waals surface area contributed by atoms with Crippen molar-refractivity contribution in [3.05, 3.63) is 104 Å². The van der Waals surface area contributed by atoms with Gasteiger partial charge in [-0.1, -0.05) is 12.1 Å². The SMILES string of the molecule is CCOC(=O)c1ccc(NC(=O)c2cccn(Cc3cccc([N+](=O)[O-])c3)c2=O)cc1. The number of benzene rings is 2. The van der Waals surface area contributed by atoms with Gasteiger partial charge in [-0.2, -0.15) is 0 Å². The number of nitrogens with zero attached hydrogens (tertiary/aromatic N) is 2. The molecule has 3 rings (SSSR count). The smallest absolute Gasteiger partial charge is 0.338 e. The first-order chi connectivity index (χ1) is 14.9. The molecule has 1 heterocycles. The van der Waals surface area contributed by atoms with E-state index < -0.39 is 22.4 Å². The highest BCUT2D eigenvalue weighted by molar-refractivity contribution is 6.04. The van der Waals surface area contributed by atoms with Crippen molar-refractivity contribution in [3.8, 4) is 0 Å². The number of hydrogen-bond acceptors (Lipinski definition) is 6. The molecule has 0 atom stereocenters. The first-order valence-electron chi connectivity index (χ1n) is 9.40. The quantitative estimate of drug-likeness (QED) is 0.355. The monoisotopic (exact) mass is 421 g/mol. The third-order valence-corrected chi connectivity index (χ3v) is 4.39. The van der Waals surface area contributed by atoms with E-state index in [-0.39, 0.29) is 24.4 Å². The molecule has 0 spiro atoms. The second-order valence-corrected chi connectivity index (χ2v) is 6.53. The number of hydrogen-bond donors (Lipinski definition) is 1. The lowest BCUT2D eigenvalue weighted by atomic mass is 10.2. The van der Waals surface area contributed by atoms with Gasteiger partial charge in [0.1, 0.15) is 5.56 Å². The number of rotatable bonds is 7. The van der Waals surface area contributed by atoms with Crippen molar-refractivity contribution >= 4 is 23.3 Å². The number of nitro benzene ring substituents is 1. The summed E-state index contributed by atoms with van der Waals surface area (Å²) in [6.07, 6.45) is 1.51. The van der Waals surface area contributed by atoms with E-state index in [4.69, 9.17) is 4.74 Å². The largest absolute Gasteiger partial charge is 0.462 e. The zero-order valence-corrected chi connectivity index (χ0v) is 16.6. The molecule has 0 aliphatic heterocycles. The average Bonchev–Trinajstić information content (AvgIpc) is 2.76. The van der Waals surface area contributed by atoms with Crippen LogP contribution < -0.4 is 10.9 Å². The van der Waals surface area contributed by atoms with Gasteiger partial charge >= 0.3 is 5.97 Å². The molecule has 1 aromatic heterocycles. The van der Waals surface area contributed by atoms with E-state index in [9.17, 15) is 24.5 Å². The van der Waals surface area contributed by atoms with Crippen molar-refractivity contribution in [3.63, 3.8) is 0 Å². The van der Waals surface area contributed by atoms with Gasteiger partial charge < -0.3 is 14.6 Å². The Kier molecular flexibility index (Phi) is 6.56. The van der Waals surface area contributed by atoms with Crippen LogP contribution in [0.15, 0.2) is 71.7 Å². The van der Waals surface area contributed by atoms with Crippen molar-refractivity contribution < 1.29 is 19.2 Å². The van der Waals surface area contributed by atoms with Crippen molar-refractivity contribution in [1.29, 1.82) is 0 Å². The lowest BCUT2D eigenvalue weighted by Crippen LogP contribution is -2.29. The summed E-state index contributed by atoms with van der Waals surface area (Å²) in [6, 6.07) is 15.0. The number of non-ortho nitro benzene ring substituents is 1. The Bertz CT molecular complexity index is 1180. The second-order valence-electron chi connectivity index (χ2n) is 6.53. The highest BCUT2D eigenvalue weighted by Gasteiger charge is 2.14. The second kappa shape index (κ2) is 9.49. The molecule has 9 heteroatoms. The maximum absolute atomic E-state index is 12.7. The zero-order valence-electron chi connectivity index (χ0n) is 16.6. The van der Waals surface area contributed by atoms with Crippen LogP contribution in [0.25, 0.3) is 0 Å². The maximum atomic E-state index is 12.7. The lowest BCUT2D eigenvalue weighted by Gasteiger charge is -2.09. The van der Waals surface area contributed by atoms with Crippen LogP contribution in [0.4, 0.5) is 11.4 Å². The van der Waals surface area contributed by atoms with Crippen LogP contribution in [-0.4, -0.2) is 28.0 Å². The summed E-state index contributed by atoms with van der Waals surface area (Å²) >= 11 is 0. The Morgan fingerprint density at radius 1 is 1.10 bits per heavy atom. The molecule has 158 valence electrons. The Morgan fingerprint density at radius 3 is 2.52 bits per heavy atom. The predicted octanol–water partition coefficient (Wildman–Crippen LogP) is 3.23. The number of esters is 1. The van der Waals surface area contributed by atoms with Gasteiger partial charge in [0.2, 0.25) is 0 Å². The first-order valence-corrected chi connectivity index (χ1v) is 9.40. The van der Waals surface area contributed by atoms with Gasteiger partial charge in [0.05, 0.1) is 23.6 Å². The fourth-order valence-electron chi connectivity index (χ4n) is 2.90. The molecule has 3 aromatic rings. The Balaban J connectivity index is 1.77. The van der Waals surface area contributed by atoms with Gasteiger partial charge in [0, 0.05) is 24.0 Å². The minimum atomic E-state index is -0.609. The molecule has 0 saturated carbocycles. The van der Waals surface area contributed by atoms with E-state index in [1.807, 2.05) is 0 Å². The van der Waals surface area contributed by atoms with E-state index in [1.54, 1.807) is 19.1 Å². The Morgan fingerprint density at radius 2 is 1.84 bits per heavy atom. The van der Waals surface area contributed by atoms with E-state index in [0.717, 1.165) is 0 Å². The first kappa shape index (κ1) is 21.4. The van der Waals surface area contributed by atoms with Crippen LogP contribution in [-0.2, 0) is 11.3 Å². The predicted molar refractivity (Wildman–Crippen MR) is 113 cm³/mol. The van der Waals surface area contributed by atoms with Gasteiger partial charge in [-0.05, 0) is 48.9 Å². The van der Waals surface area contributed by atoms with E-state index in [2.05, 4.69) is 5.32 Å². The number of amides is 1. The van der Waals surface area contributed by atoms with Crippen LogP contribution in [0.1, 0.15) is 33.2 Å². The molecule has 0 aliphatic carbocycles. The minimum absolute atomic E-state index is 0.0780. The van der Waals surface area contributed by atoms with E-state index in [0.29, 0.717) is 16.8 Å². The molecule has 9 nitrogen and oxygen atoms in total. The van der Waals surface area contributed by atoms with Gasteiger partial charge in [-0.3, -0.25) is 19.7 Å². The van der Waals surface area contributed by atoms with Gasteiger partial charge in [-0.25, -0.2) is 4.79 Å². The van der Waals surface area contributed by atoms with Crippen LogP contribution in [0, 0.1) is 10.1 Å². The molecular formula is C22H19N3O6. The highest BCUT2D eigenvalue weighted by atomic mass is 16.6. The van der Waals surface area contributed by atoms with Crippen molar-refractivity contribution in [2.45, 2.75) is 13.5 Å². The van der Waals surface area contributed by atoms with E-state index in [1.165, 1.54) is 59.3 Å². The number of pyridine rings is 1. The summed E-state index contributed by atoms with van der Waals surface area (Å²) in [5, 5.41) is 13.6. The third kappa shape index (κ3) is 5.21. The minimum Gasteiger partial charge on any atom is -0.462 e. The van der Waals surface area contributed by atoms with Crippen molar-refractivity contribution in [1.82, 2.24) is 4.57 Å². The number of ether oxygens (including phenoxy) is 1. The summed E-state index contributed by atoms with van der Waals surface area (Å²) in [4.78, 5) is 47.5. The fraction of sp³-hybridized carbons (Fsp3) is 0.136.